The molecule has 1 aliphatic heterocycles. The van der Waals surface area contributed by atoms with E-state index in [4.69, 9.17) is 19.5 Å². The van der Waals surface area contributed by atoms with Gasteiger partial charge in [-0.05, 0) is 49.2 Å². The van der Waals surface area contributed by atoms with E-state index in [9.17, 15) is 9.18 Å². The van der Waals surface area contributed by atoms with Gasteiger partial charge >= 0.3 is 5.97 Å². The molecule has 3 rings (SSSR count). The van der Waals surface area contributed by atoms with E-state index in [0.29, 0.717) is 17.9 Å². The average Bonchev–Trinajstić information content (AvgIpc) is 3.19. The second-order valence-electron chi connectivity index (χ2n) is 5.96. The van der Waals surface area contributed by atoms with Gasteiger partial charge in [0.25, 0.3) is 0 Å². The quantitative estimate of drug-likeness (QED) is 0.741. The molecular formula is C20H18FNO4. The van der Waals surface area contributed by atoms with E-state index in [1.165, 1.54) is 12.1 Å². The number of hydrogen-bond acceptors (Lipinski definition) is 5. The first-order chi connectivity index (χ1) is 12.7. The first-order valence-electron chi connectivity index (χ1n) is 8.36. The van der Waals surface area contributed by atoms with Gasteiger partial charge in [0, 0.05) is 12.2 Å². The Balaban J connectivity index is 1.52. The molecule has 0 N–H and O–H groups in total. The van der Waals surface area contributed by atoms with Gasteiger partial charge in [0.1, 0.15) is 24.8 Å². The predicted molar refractivity (Wildman–Crippen MR) is 91.1 cm³/mol. The van der Waals surface area contributed by atoms with Crippen molar-refractivity contribution in [1.82, 2.24) is 0 Å². The molecule has 0 bridgehead atoms. The summed E-state index contributed by atoms with van der Waals surface area (Å²) >= 11 is 0. The summed E-state index contributed by atoms with van der Waals surface area (Å²) in [6, 6.07) is 12.5. The van der Waals surface area contributed by atoms with Crippen LogP contribution in [0, 0.1) is 17.1 Å². The van der Waals surface area contributed by atoms with Crippen molar-refractivity contribution in [2.45, 2.75) is 25.6 Å². The van der Waals surface area contributed by atoms with Crippen molar-refractivity contribution in [1.29, 1.82) is 5.26 Å². The third-order valence-corrected chi connectivity index (χ3v) is 4.09. The van der Waals surface area contributed by atoms with Crippen molar-refractivity contribution in [3.05, 3.63) is 65.0 Å². The molecule has 26 heavy (non-hydrogen) atoms. The van der Waals surface area contributed by atoms with Crippen LogP contribution in [0.5, 0.6) is 5.75 Å². The van der Waals surface area contributed by atoms with E-state index in [-0.39, 0.29) is 23.8 Å². The van der Waals surface area contributed by atoms with Crippen LogP contribution in [0.3, 0.4) is 0 Å². The topological polar surface area (TPSA) is 68.5 Å². The lowest BCUT2D eigenvalue weighted by Gasteiger charge is -2.11. The highest BCUT2D eigenvalue weighted by Crippen LogP contribution is 2.18. The summed E-state index contributed by atoms with van der Waals surface area (Å²) in [6.45, 7) is 1.06. The van der Waals surface area contributed by atoms with E-state index in [0.717, 1.165) is 25.5 Å². The largest absolute Gasteiger partial charge is 0.491 e. The van der Waals surface area contributed by atoms with E-state index in [1.54, 1.807) is 24.3 Å². The van der Waals surface area contributed by atoms with E-state index in [2.05, 4.69) is 0 Å². The molecule has 0 saturated carbocycles. The van der Waals surface area contributed by atoms with Gasteiger partial charge in [0.05, 0.1) is 23.3 Å². The molecule has 2 aromatic rings. The average molecular weight is 355 g/mol. The number of nitrogens with zero attached hydrogens (tertiary/aromatic N) is 1. The maximum atomic E-state index is 13.8. The zero-order valence-corrected chi connectivity index (χ0v) is 14.1. The van der Waals surface area contributed by atoms with Crippen molar-refractivity contribution in [2.75, 3.05) is 13.2 Å². The molecule has 0 radical (unpaired) electrons. The Bertz CT molecular complexity index is 808. The van der Waals surface area contributed by atoms with Gasteiger partial charge in [-0.2, -0.15) is 5.26 Å². The van der Waals surface area contributed by atoms with Crippen LogP contribution in [-0.4, -0.2) is 25.3 Å². The fraction of sp³-hybridized carbons (Fsp3) is 0.300. The second kappa shape index (κ2) is 8.45. The Morgan fingerprint density at radius 1 is 1.27 bits per heavy atom. The number of nitriles is 1. The molecule has 1 heterocycles. The molecule has 0 spiro atoms. The number of rotatable bonds is 6. The highest BCUT2D eigenvalue weighted by Gasteiger charge is 2.16. The lowest BCUT2D eigenvalue weighted by atomic mass is 10.1. The number of hydrogen-bond donors (Lipinski definition) is 0. The molecule has 5 nitrogen and oxygen atoms in total. The molecule has 134 valence electrons. The maximum Gasteiger partial charge on any atom is 0.338 e. The SMILES string of the molecule is N#Cc1ccc(COC(=O)c2ccc(OC[C@@H]3CCCO3)cc2)c(F)c1. The minimum atomic E-state index is -0.574. The lowest BCUT2D eigenvalue weighted by molar-refractivity contribution is 0.0468. The van der Waals surface area contributed by atoms with E-state index < -0.39 is 11.8 Å². The zero-order valence-electron chi connectivity index (χ0n) is 14.1. The molecule has 1 aliphatic rings. The minimum absolute atomic E-state index is 0.127. The number of benzene rings is 2. The summed E-state index contributed by atoms with van der Waals surface area (Å²) in [7, 11) is 0. The molecule has 1 saturated heterocycles. The molecule has 0 aliphatic carbocycles. The number of carbonyl (C=O) groups is 1. The van der Waals surface area contributed by atoms with Crippen molar-refractivity contribution < 1.29 is 23.4 Å². The third kappa shape index (κ3) is 4.58. The van der Waals surface area contributed by atoms with E-state index >= 15 is 0 Å². The smallest absolute Gasteiger partial charge is 0.338 e. The lowest BCUT2D eigenvalue weighted by Crippen LogP contribution is -2.16. The first kappa shape index (κ1) is 17.9. The standard InChI is InChI=1S/C20H18FNO4/c21-19-10-14(11-22)3-4-16(19)12-26-20(23)15-5-7-17(8-6-15)25-13-18-2-1-9-24-18/h3-8,10,18H,1-2,9,12-13H2/t18-/m0/s1. The molecule has 1 atom stereocenters. The fourth-order valence-electron chi connectivity index (χ4n) is 2.61. The van der Waals surface area contributed by atoms with Crippen LogP contribution in [0.1, 0.15) is 34.3 Å². The Hall–Kier alpha value is -2.91. The molecule has 6 heteroatoms. The van der Waals surface area contributed by atoms with Gasteiger partial charge in [0.15, 0.2) is 0 Å². The summed E-state index contributed by atoms with van der Waals surface area (Å²) in [4.78, 5) is 12.1. The maximum absolute atomic E-state index is 13.8. The van der Waals surface area contributed by atoms with Gasteiger partial charge in [-0.3, -0.25) is 0 Å². The van der Waals surface area contributed by atoms with Crippen molar-refractivity contribution in [2.24, 2.45) is 0 Å². The van der Waals surface area contributed by atoms with Crippen molar-refractivity contribution >= 4 is 5.97 Å². The normalized spacial score (nSPS) is 16.1. The Morgan fingerprint density at radius 3 is 2.73 bits per heavy atom. The first-order valence-corrected chi connectivity index (χ1v) is 8.36. The molecule has 2 aromatic carbocycles. The van der Waals surface area contributed by atoms with Crippen molar-refractivity contribution in [3.63, 3.8) is 0 Å². The van der Waals surface area contributed by atoms with Crippen LogP contribution in [-0.2, 0) is 16.1 Å². The van der Waals surface area contributed by atoms with Gasteiger partial charge in [-0.1, -0.05) is 6.07 Å². The summed E-state index contributed by atoms with van der Waals surface area (Å²) < 4.78 is 30.0. The van der Waals surface area contributed by atoms with Gasteiger partial charge in [-0.15, -0.1) is 0 Å². The van der Waals surface area contributed by atoms with Crippen molar-refractivity contribution in [3.8, 4) is 11.8 Å². The minimum Gasteiger partial charge on any atom is -0.491 e. The number of esters is 1. The Labute approximate surface area is 150 Å². The Morgan fingerprint density at radius 2 is 2.08 bits per heavy atom. The van der Waals surface area contributed by atoms with E-state index in [1.807, 2.05) is 6.07 Å². The summed E-state index contributed by atoms with van der Waals surface area (Å²) in [5, 5.41) is 8.72. The predicted octanol–water partition coefficient (Wildman–Crippen LogP) is 3.61. The second-order valence-corrected chi connectivity index (χ2v) is 5.96. The Kier molecular flexibility index (Phi) is 5.82. The van der Waals surface area contributed by atoms with Crippen LogP contribution < -0.4 is 4.74 Å². The van der Waals surface area contributed by atoms with Crippen LogP contribution in [0.25, 0.3) is 0 Å². The molecule has 1 fully saturated rings. The van der Waals surface area contributed by atoms with Crippen LogP contribution in [0.2, 0.25) is 0 Å². The number of ether oxygens (including phenoxy) is 3. The van der Waals surface area contributed by atoms with Crippen LogP contribution in [0.4, 0.5) is 4.39 Å². The molecule has 0 amide bonds. The zero-order chi connectivity index (χ0) is 18.4. The summed E-state index contributed by atoms with van der Waals surface area (Å²) in [5.41, 5.74) is 0.786. The third-order valence-electron chi connectivity index (χ3n) is 4.09. The number of halogens is 1. The summed E-state index contributed by atoms with van der Waals surface area (Å²) in [6.07, 6.45) is 2.18. The monoisotopic (exact) mass is 355 g/mol. The summed E-state index contributed by atoms with van der Waals surface area (Å²) in [5.74, 6) is -0.482. The molecule has 0 unspecified atom stereocenters. The van der Waals surface area contributed by atoms with Gasteiger partial charge in [-0.25, -0.2) is 9.18 Å². The molecule has 0 aromatic heterocycles. The number of carbonyl (C=O) groups excluding carboxylic acids is 1. The highest BCUT2D eigenvalue weighted by molar-refractivity contribution is 5.89. The fourth-order valence-corrected chi connectivity index (χ4v) is 2.61. The van der Waals surface area contributed by atoms with Crippen LogP contribution in [0.15, 0.2) is 42.5 Å². The van der Waals surface area contributed by atoms with Gasteiger partial charge in [0.2, 0.25) is 0 Å². The van der Waals surface area contributed by atoms with Crippen LogP contribution >= 0.6 is 0 Å². The molecular weight excluding hydrogens is 337 g/mol. The van der Waals surface area contributed by atoms with Gasteiger partial charge < -0.3 is 14.2 Å². The highest BCUT2D eigenvalue weighted by atomic mass is 19.1.